The molecule has 2 heteroatoms. The van der Waals surface area contributed by atoms with Crippen LogP contribution in [0.4, 0.5) is 0 Å². The van der Waals surface area contributed by atoms with Crippen LogP contribution in [0.1, 0.15) is 66.2 Å². The maximum absolute atomic E-state index is 5.66. The molecule has 0 aromatic carbocycles. The summed E-state index contributed by atoms with van der Waals surface area (Å²) in [5, 5.41) is 3.58. The minimum absolute atomic E-state index is 0.689. The molecule has 0 aliphatic rings. The molecule has 0 fully saturated rings. The molecule has 0 radical (unpaired) electrons. The number of hydrogen-bond donors (Lipinski definition) is 1. The zero-order valence-corrected chi connectivity index (χ0v) is 12.4. The lowest BCUT2D eigenvalue weighted by atomic mass is 10.1. The minimum atomic E-state index is 0.689. The summed E-state index contributed by atoms with van der Waals surface area (Å²) >= 11 is 0. The van der Waals surface area contributed by atoms with E-state index in [-0.39, 0.29) is 0 Å². The maximum Gasteiger partial charge on any atom is 0.0466 e. The van der Waals surface area contributed by atoms with Crippen molar-refractivity contribution in [2.75, 3.05) is 19.8 Å². The van der Waals surface area contributed by atoms with Crippen LogP contribution in [0.15, 0.2) is 0 Å². The molecule has 0 rings (SSSR count). The van der Waals surface area contributed by atoms with E-state index in [0.29, 0.717) is 6.04 Å². The topological polar surface area (TPSA) is 21.3 Å². The van der Waals surface area contributed by atoms with Gasteiger partial charge >= 0.3 is 0 Å². The Morgan fingerprint density at radius 1 is 1.00 bits per heavy atom. The molecule has 1 atom stereocenters. The fraction of sp³-hybridized carbons (Fsp3) is 1.00. The number of ether oxygens (including phenoxy) is 1. The molecule has 104 valence electrons. The Kier molecular flexibility index (Phi) is 12.3. The van der Waals surface area contributed by atoms with Gasteiger partial charge in [-0.2, -0.15) is 0 Å². The van der Waals surface area contributed by atoms with Crippen LogP contribution in [0.5, 0.6) is 0 Å². The van der Waals surface area contributed by atoms with Gasteiger partial charge in [0.2, 0.25) is 0 Å². The smallest absolute Gasteiger partial charge is 0.0466 e. The Balaban J connectivity index is 3.24. The average molecular weight is 243 g/mol. The van der Waals surface area contributed by atoms with E-state index in [1.807, 2.05) is 0 Å². The molecule has 0 saturated carbocycles. The van der Waals surface area contributed by atoms with Gasteiger partial charge in [0.25, 0.3) is 0 Å². The van der Waals surface area contributed by atoms with E-state index in [2.05, 4.69) is 33.0 Å². The SMILES string of the molecule is CCCNC(CC)CCCOCCCC(C)C. The first kappa shape index (κ1) is 16.9. The van der Waals surface area contributed by atoms with Crippen LogP contribution < -0.4 is 5.32 Å². The minimum Gasteiger partial charge on any atom is -0.381 e. The Morgan fingerprint density at radius 3 is 2.18 bits per heavy atom. The number of hydrogen-bond acceptors (Lipinski definition) is 2. The largest absolute Gasteiger partial charge is 0.381 e. The second-order valence-electron chi connectivity index (χ2n) is 5.35. The van der Waals surface area contributed by atoms with E-state index in [1.54, 1.807) is 0 Å². The highest BCUT2D eigenvalue weighted by molar-refractivity contribution is 4.64. The summed E-state index contributed by atoms with van der Waals surface area (Å²) in [5.74, 6) is 0.807. The molecular formula is C15H33NO. The predicted octanol–water partition coefficient (Wildman–Crippen LogP) is 4.00. The van der Waals surface area contributed by atoms with Crippen molar-refractivity contribution >= 4 is 0 Å². The van der Waals surface area contributed by atoms with Crippen LogP contribution in [-0.4, -0.2) is 25.8 Å². The highest BCUT2D eigenvalue weighted by atomic mass is 16.5. The van der Waals surface area contributed by atoms with Crippen molar-refractivity contribution in [1.82, 2.24) is 5.32 Å². The third kappa shape index (κ3) is 12.2. The monoisotopic (exact) mass is 243 g/mol. The molecule has 0 amide bonds. The molecule has 0 aromatic rings. The first-order chi connectivity index (χ1) is 8.20. The lowest BCUT2D eigenvalue weighted by molar-refractivity contribution is 0.122. The van der Waals surface area contributed by atoms with Crippen molar-refractivity contribution < 1.29 is 4.74 Å². The van der Waals surface area contributed by atoms with E-state index in [4.69, 9.17) is 4.74 Å². The predicted molar refractivity (Wildman–Crippen MR) is 76.5 cm³/mol. The summed E-state index contributed by atoms with van der Waals surface area (Å²) in [6.45, 7) is 12.0. The Labute approximate surface area is 109 Å². The molecule has 0 aliphatic heterocycles. The fourth-order valence-electron chi connectivity index (χ4n) is 1.93. The van der Waals surface area contributed by atoms with Gasteiger partial charge in [-0.25, -0.2) is 0 Å². The molecule has 0 bridgehead atoms. The van der Waals surface area contributed by atoms with Crippen LogP contribution in [-0.2, 0) is 4.74 Å². The van der Waals surface area contributed by atoms with Crippen LogP contribution in [0.25, 0.3) is 0 Å². The van der Waals surface area contributed by atoms with Crippen LogP contribution >= 0.6 is 0 Å². The molecule has 0 aliphatic carbocycles. The van der Waals surface area contributed by atoms with Crippen molar-refractivity contribution in [1.29, 1.82) is 0 Å². The molecule has 0 saturated heterocycles. The molecule has 1 unspecified atom stereocenters. The zero-order chi connectivity index (χ0) is 12.9. The Hall–Kier alpha value is -0.0800. The van der Waals surface area contributed by atoms with Crippen molar-refractivity contribution in [3.8, 4) is 0 Å². The standard InChI is InChI=1S/C15H33NO/c1-5-11-16-15(6-2)10-8-13-17-12-7-9-14(3)4/h14-16H,5-13H2,1-4H3. The molecule has 0 spiro atoms. The fourth-order valence-corrected chi connectivity index (χ4v) is 1.93. The molecule has 0 heterocycles. The summed E-state index contributed by atoms with van der Waals surface area (Å²) in [6.07, 6.45) is 7.39. The number of nitrogens with one attached hydrogen (secondary N) is 1. The first-order valence-corrected chi connectivity index (χ1v) is 7.51. The van der Waals surface area contributed by atoms with Crippen molar-refractivity contribution in [2.24, 2.45) is 5.92 Å². The summed E-state index contributed by atoms with van der Waals surface area (Å²) in [5.41, 5.74) is 0. The lowest BCUT2D eigenvalue weighted by Crippen LogP contribution is -2.29. The third-order valence-corrected chi connectivity index (χ3v) is 3.09. The number of rotatable bonds is 12. The van der Waals surface area contributed by atoms with Gasteiger partial charge in [0.15, 0.2) is 0 Å². The second-order valence-corrected chi connectivity index (χ2v) is 5.35. The highest BCUT2D eigenvalue weighted by Gasteiger charge is 2.03. The molecular weight excluding hydrogens is 210 g/mol. The lowest BCUT2D eigenvalue weighted by Gasteiger charge is -2.16. The van der Waals surface area contributed by atoms with Gasteiger partial charge in [0.1, 0.15) is 0 Å². The van der Waals surface area contributed by atoms with Gasteiger partial charge in [-0.3, -0.25) is 0 Å². The highest BCUT2D eigenvalue weighted by Crippen LogP contribution is 2.05. The van der Waals surface area contributed by atoms with Gasteiger partial charge in [0.05, 0.1) is 0 Å². The van der Waals surface area contributed by atoms with Crippen molar-refractivity contribution in [3.63, 3.8) is 0 Å². The molecule has 2 nitrogen and oxygen atoms in total. The van der Waals surface area contributed by atoms with Gasteiger partial charge in [0, 0.05) is 19.3 Å². The zero-order valence-electron chi connectivity index (χ0n) is 12.4. The van der Waals surface area contributed by atoms with Gasteiger partial charge in [-0.05, 0) is 51.0 Å². The summed E-state index contributed by atoms with van der Waals surface area (Å²) in [7, 11) is 0. The Morgan fingerprint density at radius 2 is 1.65 bits per heavy atom. The quantitative estimate of drug-likeness (QED) is 0.523. The van der Waals surface area contributed by atoms with E-state index < -0.39 is 0 Å². The van der Waals surface area contributed by atoms with Gasteiger partial charge in [-0.1, -0.05) is 27.7 Å². The van der Waals surface area contributed by atoms with Crippen LogP contribution in [0.3, 0.4) is 0 Å². The first-order valence-electron chi connectivity index (χ1n) is 7.51. The van der Waals surface area contributed by atoms with E-state index in [9.17, 15) is 0 Å². The normalized spacial score (nSPS) is 13.2. The molecule has 0 aromatic heterocycles. The third-order valence-electron chi connectivity index (χ3n) is 3.09. The molecule has 1 N–H and O–H groups in total. The Bertz CT molecular complexity index is 148. The van der Waals surface area contributed by atoms with Crippen molar-refractivity contribution in [3.05, 3.63) is 0 Å². The van der Waals surface area contributed by atoms with E-state index in [1.165, 1.54) is 38.5 Å². The van der Waals surface area contributed by atoms with E-state index in [0.717, 1.165) is 25.7 Å². The summed E-state index contributed by atoms with van der Waals surface area (Å²) in [4.78, 5) is 0. The molecule has 17 heavy (non-hydrogen) atoms. The maximum atomic E-state index is 5.66. The average Bonchev–Trinajstić information content (AvgIpc) is 2.31. The van der Waals surface area contributed by atoms with Gasteiger partial charge < -0.3 is 10.1 Å². The van der Waals surface area contributed by atoms with Crippen molar-refractivity contribution in [2.45, 2.75) is 72.3 Å². The summed E-state index contributed by atoms with van der Waals surface area (Å²) in [6, 6.07) is 0.689. The van der Waals surface area contributed by atoms with Crippen LogP contribution in [0.2, 0.25) is 0 Å². The van der Waals surface area contributed by atoms with Crippen LogP contribution in [0, 0.1) is 5.92 Å². The van der Waals surface area contributed by atoms with E-state index >= 15 is 0 Å². The van der Waals surface area contributed by atoms with Gasteiger partial charge in [-0.15, -0.1) is 0 Å². The summed E-state index contributed by atoms with van der Waals surface area (Å²) < 4.78 is 5.66. The second kappa shape index (κ2) is 12.4.